The highest BCUT2D eigenvalue weighted by atomic mass is 19.1. The van der Waals surface area contributed by atoms with E-state index in [1.165, 1.54) is 12.1 Å². The topological polar surface area (TPSA) is 82.2 Å². The molecule has 2 aromatic heterocycles. The standard InChI is InChI=1S/C18H19FN4O3/c1-4-23-11(2)8-16(21-23)20-18(24)17-15(12(3)26-22-17)10-25-14-7-5-6-13(19)9-14/h5-9H,4,10H2,1-3H3,(H,20,21,24). The molecule has 0 saturated carbocycles. The van der Waals surface area contributed by atoms with Gasteiger partial charge in [-0.25, -0.2) is 4.39 Å². The van der Waals surface area contributed by atoms with Gasteiger partial charge in [0, 0.05) is 24.4 Å². The summed E-state index contributed by atoms with van der Waals surface area (Å²) in [4.78, 5) is 12.5. The zero-order valence-electron chi connectivity index (χ0n) is 14.7. The molecule has 0 aliphatic rings. The van der Waals surface area contributed by atoms with Crippen LogP contribution >= 0.6 is 0 Å². The lowest BCUT2D eigenvalue weighted by Crippen LogP contribution is -2.16. The molecule has 8 heteroatoms. The molecule has 26 heavy (non-hydrogen) atoms. The van der Waals surface area contributed by atoms with E-state index in [1.54, 1.807) is 29.8 Å². The Hall–Kier alpha value is -3.16. The van der Waals surface area contributed by atoms with Gasteiger partial charge in [0.2, 0.25) is 0 Å². The van der Waals surface area contributed by atoms with Crippen molar-refractivity contribution in [1.82, 2.24) is 14.9 Å². The molecule has 0 spiro atoms. The molecule has 0 saturated heterocycles. The molecule has 2 heterocycles. The van der Waals surface area contributed by atoms with E-state index < -0.39 is 11.7 Å². The third-order valence-corrected chi connectivity index (χ3v) is 3.90. The van der Waals surface area contributed by atoms with Crippen molar-refractivity contribution in [2.75, 3.05) is 5.32 Å². The van der Waals surface area contributed by atoms with E-state index >= 15 is 0 Å². The first kappa shape index (κ1) is 17.7. The molecule has 0 aliphatic carbocycles. The number of benzene rings is 1. The van der Waals surface area contributed by atoms with Crippen LogP contribution in [0, 0.1) is 19.7 Å². The number of amides is 1. The summed E-state index contributed by atoms with van der Waals surface area (Å²) in [6.07, 6.45) is 0. The van der Waals surface area contributed by atoms with Crippen molar-refractivity contribution in [2.24, 2.45) is 0 Å². The maximum Gasteiger partial charge on any atom is 0.279 e. The predicted molar refractivity (Wildman–Crippen MR) is 92.6 cm³/mol. The van der Waals surface area contributed by atoms with E-state index in [-0.39, 0.29) is 12.3 Å². The van der Waals surface area contributed by atoms with Gasteiger partial charge < -0.3 is 14.6 Å². The van der Waals surface area contributed by atoms with Crippen molar-refractivity contribution in [1.29, 1.82) is 0 Å². The number of aryl methyl sites for hydroxylation is 3. The number of hydrogen-bond donors (Lipinski definition) is 1. The van der Waals surface area contributed by atoms with Crippen molar-refractivity contribution >= 4 is 11.7 Å². The molecule has 0 bridgehead atoms. The van der Waals surface area contributed by atoms with E-state index in [2.05, 4.69) is 15.6 Å². The van der Waals surface area contributed by atoms with Crippen LogP contribution in [0.1, 0.15) is 34.4 Å². The van der Waals surface area contributed by atoms with Gasteiger partial charge in [0.15, 0.2) is 11.5 Å². The van der Waals surface area contributed by atoms with Crippen LogP contribution in [0.25, 0.3) is 0 Å². The van der Waals surface area contributed by atoms with Crippen LogP contribution < -0.4 is 10.1 Å². The normalized spacial score (nSPS) is 10.8. The van der Waals surface area contributed by atoms with Crippen molar-refractivity contribution in [3.05, 3.63) is 58.9 Å². The molecular weight excluding hydrogens is 339 g/mol. The Balaban J connectivity index is 1.74. The molecular formula is C18H19FN4O3. The zero-order chi connectivity index (χ0) is 18.7. The monoisotopic (exact) mass is 358 g/mol. The summed E-state index contributed by atoms with van der Waals surface area (Å²) in [5.74, 6) is 0.410. The number of aromatic nitrogens is 3. The molecule has 0 fully saturated rings. The van der Waals surface area contributed by atoms with E-state index in [1.807, 2.05) is 13.8 Å². The van der Waals surface area contributed by atoms with Crippen LogP contribution in [-0.4, -0.2) is 20.8 Å². The molecule has 1 aromatic carbocycles. The van der Waals surface area contributed by atoms with Crippen molar-refractivity contribution < 1.29 is 18.4 Å². The smallest absolute Gasteiger partial charge is 0.279 e. The fourth-order valence-corrected chi connectivity index (χ4v) is 2.52. The van der Waals surface area contributed by atoms with Crippen LogP contribution in [0.5, 0.6) is 5.75 Å². The Bertz CT molecular complexity index is 932. The number of rotatable bonds is 6. The second-order valence-electron chi connectivity index (χ2n) is 5.75. The van der Waals surface area contributed by atoms with Crippen LogP contribution in [0.4, 0.5) is 10.2 Å². The van der Waals surface area contributed by atoms with Gasteiger partial charge in [-0.3, -0.25) is 9.48 Å². The van der Waals surface area contributed by atoms with E-state index in [4.69, 9.17) is 9.26 Å². The number of anilines is 1. The molecule has 1 N–H and O–H groups in total. The highest BCUT2D eigenvalue weighted by Crippen LogP contribution is 2.20. The van der Waals surface area contributed by atoms with Crippen LogP contribution in [-0.2, 0) is 13.2 Å². The van der Waals surface area contributed by atoms with Gasteiger partial charge >= 0.3 is 0 Å². The summed E-state index contributed by atoms with van der Waals surface area (Å²) in [7, 11) is 0. The Labute approximate surface area is 149 Å². The molecule has 1 amide bonds. The Kier molecular flexibility index (Phi) is 5.01. The molecule has 0 unspecified atom stereocenters. The minimum atomic E-state index is -0.444. The Morgan fingerprint density at radius 2 is 2.15 bits per heavy atom. The summed E-state index contributed by atoms with van der Waals surface area (Å²) in [6, 6.07) is 7.55. The first-order valence-corrected chi connectivity index (χ1v) is 8.17. The summed E-state index contributed by atoms with van der Waals surface area (Å²) in [5.41, 5.74) is 1.55. The molecule has 136 valence electrons. The number of carbonyl (C=O) groups excluding carboxylic acids is 1. The number of ether oxygens (including phenoxy) is 1. The molecule has 0 aliphatic heterocycles. The lowest BCUT2D eigenvalue weighted by atomic mass is 10.2. The Morgan fingerprint density at radius 1 is 1.35 bits per heavy atom. The largest absolute Gasteiger partial charge is 0.489 e. The van der Waals surface area contributed by atoms with Gasteiger partial charge in [-0.1, -0.05) is 11.2 Å². The third-order valence-electron chi connectivity index (χ3n) is 3.90. The minimum absolute atomic E-state index is 0.0317. The SMILES string of the molecule is CCn1nc(NC(=O)c2noc(C)c2COc2cccc(F)c2)cc1C. The van der Waals surface area contributed by atoms with E-state index in [0.717, 1.165) is 5.69 Å². The fraction of sp³-hybridized carbons (Fsp3) is 0.278. The lowest BCUT2D eigenvalue weighted by molar-refractivity contribution is 0.101. The molecule has 3 rings (SSSR count). The quantitative estimate of drug-likeness (QED) is 0.729. The number of carbonyl (C=O) groups is 1. The summed E-state index contributed by atoms with van der Waals surface area (Å²) >= 11 is 0. The minimum Gasteiger partial charge on any atom is -0.489 e. The van der Waals surface area contributed by atoms with Gasteiger partial charge in [0.1, 0.15) is 23.9 Å². The average molecular weight is 358 g/mol. The van der Waals surface area contributed by atoms with Crippen LogP contribution in [0.15, 0.2) is 34.9 Å². The lowest BCUT2D eigenvalue weighted by Gasteiger charge is -2.06. The van der Waals surface area contributed by atoms with Gasteiger partial charge in [0.05, 0.1) is 5.56 Å². The second-order valence-corrected chi connectivity index (χ2v) is 5.75. The number of hydrogen-bond acceptors (Lipinski definition) is 5. The number of nitrogens with one attached hydrogen (secondary N) is 1. The second kappa shape index (κ2) is 7.38. The molecule has 0 atom stereocenters. The van der Waals surface area contributed by atoms with Gasteiger partial charge in [-0.05, 0) is 32.9 Å². The summed E-state index contributed by atoms with van der Waals surface area (Å²) < 4.78 is 25.7. The maximum atomic E-state index is 13.2. The fourth-order valence-electron chi connectivity index (χ4n) is 2.52. The zero-order valence-corrected chi connectivity index (χ0v) is 14.7. The first-order chi connectivity index (χ1) is 12.5. The molecule has 0 radical (unpaired) electrons. The molecule has 3 aromatic rings. The summed E-state index contributed by atoms with van der Waals surface area (Å²) in [5, 5.41) is 10.8. The van der Waals surface area contributed by atoms with Crippen molar-refractivity contribution in [3.8, 4) is 5.75 Å². The van der Waals surface area contributed by atoms with Gasteiger partial charge in [-0.2, -0.15) is 5.10 Å². The highest BCUT2D eigenvalue weighted by molar-refractivity contribution is 6.03. The van der Waals surface area contributed by atoms with Crippen LogP contribution in [0.2, 0.25) is 0 Å². The predicted octanol–water partition coefficient (Wildman–Crippen LogP) is 3.48. The number of halogens is 1. The highest BCUT2D eigenvalue weighted by Gasteiger charge is 2.21. The van der Waals surface area contributed by atoms with Gasteiger partial charge in [0.25, 0.3) is 5.91 Å². The van der Waals surface area contributed by atoms with Crippen LogP contribution in [0.3, 0.4) is 0 Å². The maximum absolute atomic E-state index is 13.2. The Morgan fingerprint density at radius 3 is 2.85 bits per heavy atom. The molecule has 7 nitrogen and oxygen atoms in total. The van der Waals surface area contributed by atoms with E-state index in [9.17, 15) is 9.18 Å². The average Bonchev–Trinajstić information content (AvgIpc) is 3.15. The van der Waals surface area contributed by atoms with Crippen molar-refractivity contribution in [2.45, 2.75) is 33.9 Å². The third kappa shape index (κ3) is 3.74. The van der Waals surface area contributed by atoms with Gasteiger partial charge in [-0.15, -0.1) is 0 Å². The summed E-state index contributed by atoms with van der Waals surface area (Å²) in [6.45, 7) is 6.30. The van der Waals surface area contributed by atoms with Crippen molar-refractivity contribution in [3.63, 3.8) is 0 Å². The van der Waals surface area contributed by atoms with E-state index in [0.29, 0.717) is 29.4 Å². The first-order valence-electron chi connectivity index (χ1n) is 8.17. The number of nitrogens with zero attached hydrogens (tertiary/aromatic N) is 3.